The number of rotatable bonds is 4. The van der Waals surface area contributed by atoms with Crippen LogP contribution in [0.5, 0.6) is 0 Å². The smallest absolute Gasteiger partial charge is 0.339 e. The Balaban J connectivity index is 1.65. The number of quaternary nitrogens is 1. The van der Waals surface area contributed by atoms with Crippen molar-refractivity contribution >= 4 is 16.9 Å². The van der Waals surface area contributed by atoms with Gasteiger partial charge in [-0.25, -0.2) is 4.79 Å². The summed E-state index contributed by atoms with van der Waals surface area (Å²) >= 11 is 0. The van der Waals surface area contributed by atoms with E-state index in [0.29, 0.717) is 6.54 Å². The Morgan fingerprint density at radius 2 is 2.24 bits per heavy atom. The number of hydrogen-bond donors (Lipinski definition) is 2. The molecule has 1 atom stereocenters. The second-order valence-electron chi connectivity index (χ2n) is 5.24. The highest BCUT2D eigenvalue weighted by atomic mass is 16.5. The number of benzene rings is 1. The van der Waals surface area contributed by atoms with Crippen molar-refractivity contribution in [3.8, 4) is 0 Å². The van der Waals surface area contributed by atoms with E-state index in [0.717, 1.165) is 18.5 Å². The van der Waals surface area contributed by atoms with Gasteiger partial charge in [0.05, 0.1) is 25.4 Å². The van der Waals surface area contributed by atoms with Gasteiger partial charge in [0.25, 0.3) is 0 Å². The number of ether oxygens (including phenoxy) is 1. The number of methoxy groups -OCH3 is 1. The van der Waals surface area contributed by atoms with Crippen LogP contribution in [-0.2, 0) is 16.0 Å². The molecule has 1 aliphatic heterocycles. The fraction of sp³-hybridized carbons (Fsp3) is 0.235. The van der Waals surface area contributed by atoms with E-state index in [1.807, 2.05) is 18.2 Å². The zero-order chi connectivity index (χ0) is 14.7. The lowest BCUT2D eigenvalue weighted by Gasteiger charge is -2.18. The van der Waals surface area contributed by atoms with Crippen LogP contribution in [0.15, 0.2) is 54.4 Å². The van der Waals surface area contributed by atoms with Crippen molar-refractivity contribution in [1.29, 1.82) is 0 Å². The lowest BCUT2D eigenvalue weighted by atomic mass is 10.1. The highest BCUT2D eigenvalue weighted by Gasteiger charge is 2.19. The number of aromatic nitrogens is 1. The molecule has 1 aromatic carbocycles. The molecule has 3 rings (SSSR count). The van der Waals surface area contributed by atoms with Gasteiger partial charge in [-0.15, -0.1) is 0 Å². The zero-order valence-corrected chi connectivity index (χ0v) is 12.1. The van der Waals surface area contributed by atoms with Gasteiger partial charge in [-0.1, -0.05) is 18.2 Å². The average molecular weight is 283 g/mol. The SMILES string of the molecule is COC(=O)C1=CC=C[NH+](CCc2c[nH]c3ccccc23)C1. The highest BCUT2D eigenvalue weighted by molar-refractivity contribution is 5.89. The predicted molar refractivity (Wildman–Crippen MR) is 81.9 cm³/mol. The quantitative estimate of drug-likeness (QED) is 0.829. The maximum Gasteiger partial charge on any atom is 0.339 e. The molecular weight excluding hydrogens is 264 g/mol. The molecule has 0 aliphatic carbocycles. The van der Waals surface area contributed by atoms with Gasteiger partial charge in [0, 0.05) is 23.5 Å². The molecule has 0 radical (unpaired) electrons. The summed E-state index contributed by atoms with van der Waals surface area (Å²) in [5.74, 6) is -0.232. The minimum atomic E-state index is -0.232. The molecule has 1 aromatic heterocycles. The monoisotopic (exact) mass is 283 g/mol. The third-order valence-electron chi connectivity index (χ3n) is 3.88. The lowest BCUT2D eigenvalue weighted by molar-refractivity contribution is -0.841. The second kappa shape index (κ2) is 5.97. The van der Waals surface area contributed by atoms with Crippen molar-refractivity contribution in [3.63, 3.8) is 0 Å². The molecule has 0 bridgehead atoms. The maximum atomic E-state index is 11.6. The first-order valence-corrected chi connectivity index (χ1v) is 7.13. The number of H-pyrrole nitrogens is 1. The van der Waals surface area contributed by atoms with Crippen LogP contribution < -0.4 is 4.90 Å². The summed E-state index contributed by atoms with van der Waals surface area (Å²) in [5, 5.41) is 1.28. The predicted octanol–water partition coefficient (Wildman–Crippen LogP) is 1.22. The van der Waals surface area contributed by atoms with Crippen LogP contribution in [0.3, 0.4) is 0 Å². The maximum absolute atomic E-state index is 11.6. The highest BCUT2D eigenvalue weighted by Crippen LogP contribution is 2.17. The number of fused-ring (bicyclic) bond motifs is 1. The molecule has 1 aliphatic rings. The van der Waals surface area contributed by atoms with Gasteiger partial charge in [0.1, 0.15) is 6.54 Å². The Morgan fingerprint density at radius 3 is 3.10 bits per heavy atom. The van der Waals surface area contributed by atoms with Crippen LogP contribution in [0.4, 0.5) is 0 Å². The molecule has 0 saturated heterocycles. The van der Waals surface area contributed by atoms with Gasteiger partial charge in [-0.05, 0) is 23.8 Å². The molecule has 0 amide bonds. The number of carbonyl (C=O) groups is 1. The zero-order valence-electron chi connectivity index (χ0n) is 12.1. The van der Waals surface area contributed by atoms with Crippen molar-refractivity contribution in [1.82, 2.24) is 4.98 Å². The van der Waals surface area contributed by atoms with Crippen LogP contribution >= 0.6 is 0 Å². The van der Waals surface area contributed by atoms with E-state index >= 15 is 0 Å². The molecule has 2 heterocycles. The second-order valence-corrected chi connectivity index (χ2v) is 5.24. The van der Waals surface area contributed by atoms with Crippen LogP contribution in [0.25, 0.3) is 10.9 Å². The van der Waals surface area contributed by atoms with E-state index < -0.39 is 0 Å². The molecule has 2 aromatic rings. The summed E-state index contributed by atoms with van der Waals surface area (Å²) < 4.78 is 4.79. The summed E-state index contributed by atoms with van der Waals surface area (Å²) in [6.07, 6.45) is 8.91. The van der Waals surface area contributed by atoms with E-state index in [4.69, 9.17) is 4.74 Å². The lowest BCUT2D eigenvalue weighted by Crippen LogP contribution is -3.08. The van der Waals surface area contributed by atoms with Crippen molar-refractivity contribution in [3.05, 3.63) is 60.0 Å². The van der Waals surface area contributed by atoms with Crippen molar-refractivity contribution in [2.45, 2.75) is 6.42 Å². The summed E-state index contributed by atoms with van der Waals surface area (Å²) in [6.45, 7) is 1.64. The van der Waals surface area contributed by atoms with Gasteiger partial charge in [0.15, 0.2) is 0 Å². The third kappa shape index (κ3) is 2.90. The van der Waals surface area contributed by atoms with Crippen LogP contribution in [0.2, 0.25) is 0 Å². The van der Waals surface area contributed by atoms with Crippen molar-refractivity contribution in [2.24, 2.45) is 0 Å². The summed E-state index contributed by atoms with van der Waals surface area (Å²) in [6, 6.07) is 8.33. The molecule has 4 nitrogen and oxygen atoms in total. The number of hydrogen-bond acceptors (Lipinski definition) is 2. The number of carbonyl (C=O) groups excluding carboxylic acids is 1. The molecule has 0 spiro atoms. The van der Waals surface area contributed by atoms with Gasteiger partial charge in [-0.3, -0.25) is 0 Å². The minimum Gasteiger partial charge on any atom is -0.465 e. The van der Waals surface area contributed by atoms with E-state index in [-0.39, 0.29) is 5.97 Å². The molecule has 4 heteroatoms. The summed E-state index contributed by atoms with van der Waals surface area (Å²) in [7, 11) is 1.42. The Morgan fingerprint density at radius 1 is 1.38 bits per heavy atom. The van der Waals surface area contributed by atoms with E-state index in [1.54, 1.807) is 0 Å². The fourth-order valence-electron chi connectivity index (χ4n) is 2.74. The first-order valence-electron chi connectivity index (χ1n) is 7.13. The topological polar surface area (TPSA) is 46.5 Å². The number of nitrogens with one attached hydrogen (secondary N) is 2. The van der Waals surface area contributed by atoms with Gasteiger partial charge >= 0.3 is 5.97 Å². The number of allylic oxidation sites excluding steroid dienone is 2. The van der Waals surface area contributed by atoms with Crippen molar-refractivity contribution < 1.29 is 14.4 Å². The Labute approximate surface area is 123 Å². The molecule has 0 fully saturated rings. The van der Waals surface area contributed by atoms with Crippen molar-refractivity contribution in [2.75, 3.05) is 20.2 Å². The number of para-hydroxylation sites is 1. The standard InChI is InChI=1S/C17H18N2O2/c1-21-17(20)14-5-4-9-19(12-14)10-8-13-11-18-16-7-3-2-6-15(13)16/h2-7,9,11,18H,8,10,12H2,1H3/p+1. The van der Waals surface area contributed by atoms with Crippen LogP contribution in [-0.4, -0.2) is 31.2 Å². The van der Waals surface area contributed by atoms with E-state index in [9.17, 15) is 4.79 Å². The van der Waals surface area contributed by atoms with E-state index in [1.165, 1.54) is 28.5 Å². The molecule has 1 unspecified atom stereocenters. The van der Waals surface area contributed by atoms with Gasteiger partial charge in [-0.2, -0.15) is 0 Å². The van der Waals surface area contributed by atoms with Crippen LogP contribution in [0.1, 0.15) is 5.56 Å². The number of esters is 1. The molecule has 108 valence electrons. The first kappa shape index (κ1) is 13.6. The molecule has 0 saturated carbocycles. The summed E-state index contributed by atoms with van der Waals surface area (Å²) in [5.41, 5.74) is 3.22. The fourth-order valence-corrected chi connectivity index (χ4v) is 2.74. The van der Waals surface area contributed by atoms with Crippen LogP contribution in [0, 0.1) is 0 Å². The Hall–Kier alpha value is -2.33. The Bertz CT molecular complexity index is 712. The van der Waals surface area contributed by atoms with E-state index in [2.05, 4.69) is 35.6 Å². The minimum absolute atomic E-state index is 0.232. The summed E-state index contributed by atoms with van der Waals surface area (Å²) in [4.78, 5) is 16.1. The van der Waals surface area contributed by atoms with Gasteiger partial charge < -0.3 is 14.6 Å². The molecule has 2 N–H and O–H groups in total. The first-order chi connectivity index (χ1) is 10.3. The van der Waals surface area contributed by atoms with Gasteiger partial charge in [0.2, 0.25) is 0 Å². The average Bonchev–Trinajstić information content (AvgIpc) is 2.95. The molecule has 21 heavy (non-hydrogen) atoms. The Kier molecular flexibility index (Phi) is 3.88. The normalized spacial score (nSPS) is 17.8. The third-order valence-corrected chi connectivity index (χ3v) is 3.88. The molecular formula is C17H19N2O2+. The largest absolute Gasteiger partial charge is 0.465 e. The number of aromatic amines is 1.